The lowest BCUT2D eigenvalue weighted by Crippen LogP contribution is -2.48. The van der Waals surface area contributed by atoms with Crippen LogP contribution in [0.5, 0.6) is 0 Å². The van der Waals surface area contributed by atoms with E-state index in [4.69, 9.17) is 9.15 Å². The van der Waals surface area contributed by atoms with Crippen molar-refractivity contribution in [3.8, 4) is 10.8 Å². The Labute approximate surface area is 127 Å². The van der Waals surface area contributed by atoms with Crippen LogP contribution in [0, 0.1) is 6.92 Å². The van der Waals surface area contributed by atoms with E-state index < -0.39 is 0 Å². The van der Waals surface area contributed by atoms with E-state index in [2.05, 4.69) is 4.98 Å². The number of thiophene rings is 1. The third-order valence-corrected chi connectivity index (χ3v) is 4.30. The zero-order valence-electron chi connectivity index (χ0n) is 12.3. The summed E-state index contributed by atoms with van der Waals surface area (Å²) in [5, 5.41) is 1.96. The van der Waals surface area contributed by atoms with Gasteiger partial charge in [-0.05, 0) is 32.2 Å². The smallest absolute Gasteiger partial charge is 0.276 e. The zero-order valence-corrected chi connectivity index (χ0v) is 13.1. The highest BCUT2D eigenvalue weighted by molar-refractivity contribution is 7.13. The number of carbonyl (C=O) groups is 1. The van der Waals surface area contributed by atoms with Crippen LogP contribution in [0.25, 0.3) is 10.8 Å². The summed E-state index contributed by atoms with van der Waals surface area (Å²) >= 11 is 1.54. The second-order valence-corrected chi connectivity index (χ2v) is 6.32. The molecule has 3 heterocycles. The maximum absolute atomic E-state index is 12.6. The van der Waals surface area contributed by atoms with E-state index in [1.165, 1.54) is 0 Å². The van der Waals surface area contributed by atoms with Gasteiger partial charge in [-0.1, -0.05) is 6.07 Å². The molecule has 3 rings (SSSR count). The lowest BCUT2D eigenvalue weighted by atomic mass is 10.2. The Kier molecular flexibility index (Phi) is 3.82. The Bertz CT molecular complexity index is 625. The molecule has 1 saturated heterocycles. The molecule has 0 bridgehead atoms. The van der Waals surface area contributed by atoms with Crippen molar-refractivity contribution in [2.75, 3.05) is 13.1 Å². The molecule has 6 heteroatoms. The van der Waals surface area contributed by atoms with Gasteiger partial charge < -0.3 is 14.1 Å². The number of aromatic nitrogens is 1. The molecule has 0 aromatic carbocycles. The number of hydrogen-bond acceptors (Lipinski definition) is 5. The number of aryl methyl sites for hydroxylation is 1. The Morgan fingerprint density at radius 1 is 1.38 bits per heavy atom. The second-order valence-electron chi connectivity index (χ2n) is 5.37. The minimum absolute atomic E-state index is 0.0432. The van der Waals surface area contributed by atoms with Gasteiger partial charge >= 0.3 is 0 Å². The van der Waals surface area contributed by atoms with Crippen molar-refractivity contribution in [3.05, 3.63) is 29.0 Å². The molecule has 21 heavy (non-hydrogen) atoms. The molecule has 2 aromatic rings. The first kappa shape index (κ1) is 14.3. The van der Waals surface area contributed by atoms with Crippen LogP contribution in [0.3, 0.4) is 0 Å². The minimum Gasteiger partial charge on any atom is -0.440 e. The number of amides is 1. The number of oxazole rings is 1. The second kappa shape index (κ2) is 5.61. The molecule has 1 amide bonds. The summed E-state index contributed by atoms with van der Waals surface area (Å²) in [5.41, 5.74) is 0.403. The molecule has 112 valence electrons. The third kappa shape index (κ3) is 2.87. The van der Waals surface area contributed by atoms with Gasteiger partial charge in [-0.25, -0.2) is 4.98 Å². The summed E-state index contributed by atoms with van der Waals surface area (Å²) in [6.45, 7) is 6.91. The molecule has 0 aliphatic carbocycles. The van der Waals surface area contributed by atoms with Crippen LogP contribution >= 0.6 is 11.3 Å². The molecule has 1 fully saturated rings. The van der Waals surface area contributed by atoms with E-state index in [1.54, 1.807) is 23.2 Å². The lowest BCUT2D eigenvalue weighted by molar-refractivity contribution is -0.0587. The molecule has 1 aliphatic heterocycles. The largest absolute Gasteiger partial charge is 0.440 e. The van der Waals surface area contributed by atoms with Crippen LogP contribution in [-0.4, -0.2) is 41.1 Å². The van der Waals surface area contributed by atoms with Gasteiger partial charge in [0, 0.05) is 13.1 Å². The molecule has 2 atom stereocenters. The Balaban J connectivity index is 1.85. The van der Waals surface area contributed by atoms with E-state index >= 15 is 0 Å². The normalized spacial score (nSPS) is 22.5. The van der Waals surface area contributed by atoms with Crippen molar-refractivity contribution in [1.29, 1.82) is 0 Å². The van der Waals surface area contributed by atoms with E-state index in [1.807, 2.05) is 31.4 Å². The minimum atomic E-state index is -0.0824. The van der Waals surface area contributed by atoms with E-state index in [0.717, 1.165) is 4.88 Å². The summed E-state index contributed by atoms with van der Waals surface area (Å²) < 4.78 is 11.3. The van der Waals surface area contributed by atoms with Gasteiger partial charge in [-0.15, -0.1) is 11.3 Å². The highest BCUT2D eigenvalue weighted by atomic mass is 32.1. The van der Waals surface area contributed by atoms with Crippen molar-refractivity contribution in [2.24, 2.45) is 0 Å². The molecule has 0 N–H and O–H groups in total. The van der Waals surface area contributed by atoms with Crippen LogP contribution in [-0.2, 0) is 4.74 Å². The molecular formula is C15H18N2O3S. The summed E-state index contributed by atoms with van der Waals surface area (Å²) in [4.78, 5) is 19.8. The molecule has 5 nitrogen and oxygen atoms in total. The van der Waals surface area contributed by atoms with Gasteiger partial charge in [0.2, 0.25) is 5.89 Å². The van der Waals surface area contributed by atoms with Gasteiger partial charge in [0.1, 0.15) is 5.76 Å². The first-order valence-corrected chi connectivity index (χ1v) is 7.88. The van der Waals surface area contributed by atoms with Gasteiger partial charge in [-0.3, -0.25) is 4.79 Å². The maximum atomic E-state index is 12.6. The van der Waals surface area contributed by atoms with Gasteiger partial charge in [-0.2, -0.15) is 0 Å². The average Bonchev–Trinajstić information content (AvgIpc) is 3.05. The SMILES string of the molecule is Cc1oc(-c2cccs2)nc1C(=O)N1C[C@@H](C)O[C@@H](C)C1. The van der Waals surface area contributed by atoms with Gasteiger partial charge in [0.25, 0.3) is 5.91 Å². The monoisotopic (exact) mass is 306 g/mol. The average molecular weight is 306 g/mol. The van der Waals surface area contributed by atoms with Crippen molar-refractivity contribution >= 4 is 17.2 Å². The van der Waals surface area contributed by atoms with E-state index in [9.17, 15) is 4.79 Å². The topological polar surface area (TPSA) is 55.6 Å². The molecule has 0 radical (unpaired) electrons. The maximum Gasteiger partial charge on any atom is 0.276 e. The summed E-state index contributed by atoms with van der Waals surface area (Å²) in [5.74, 6) is 0.997. The number of ether oxygens (including phenoxy) is 1. The fraction of sp³-hybridized carbons (Fsp3) is 0.467. The number of hydrogen-bond donors (Lipinski definition) is 0. The summed E-state index contributed by atoms with van der Waals surface area (Å²) in [6, 6.07) is 3.87. The molecule has 2 aromatic heterocycles. The highest BCUT2D eigenvalue weighted by Crippen LogP contribution is 2.26. The molecule has 0 saturated carbocycles. The van der Waals surface area contributed by atoms with Crippen LogP contribution in [0.15, 0.2) is 21.9 Å². The Morgan fingerprint density at radius 2 is 2.10 bits per heavy atom. The predicted octanol–water partition coefficient (Wildman–Crippen LogP) is 2.96. The molecular weight excluding hydrogens is 288 g/mol. The van der Waals surface area contributed by atoms with Crippen LogP contribution in [0.2, 0.25) is 0 Å². The number of carbonyl (C=O) groups excluding carboxylic acids is 1. The summed E-state index contributed by atoms with van der Waals surface area (Å²) in [7, 11) is 0. The zero-order chi connectivity index (χ0) is 15.0. The van der Waals surface area contributed by atoms with Gasteiger partial charge in [0.05, 0.1) is 17.1 Å². The first-order chi connectivity index (χ1) is 10.0. The fourth-order valence-electron chi connectivity index (χ4n) is 2.59. The third-order valence-electron chi connectivity index (χ3n) is 3.44. The lowest BCUT2D eigenvalue weighted by Gasteiger charge is -2.34. The highest BCUT2D eigenvalue weighted by Gasteiger charge is 2.29. The van der Waals surface area contributed by atoms with E-state index in [-0.39, 0.29) is 18.1 Å². The fourth-order valence-corrected chi connectivity index (χ4v) is 3.24. The van der Waals surface area contributed by atoms with E-state index in [0.29, 0.717) is 30.4 Å². The van der Waals surface area contributed by atoms with Crippen LogP contribution in [0.1, 0.15) is 30.1 Å². The van der Waals surface area contributed by atoms with Crippen molar-refractivity contribution < 1.29 is 13.9 Å². The standard InChI is InChI=1S/C15H18N2O3S/c1-9-7-17(8-10(2)19-9)15(18)13-11(3)20-14(16-13)12-5-4-6-21-12/h4-6,9-10H,7-8H2,1-3H3/t9-,10+. The van der Waals surface area contributed by atoms with Crippen LogP contribution < -0.4 is 0 Å². The van der Waals surface area contributed by atoms with Crippen molar-refractivity contribution in [3.63, 3.8) is 0 Å². The van der Waals surface area contributed by atoms with Gasteiger partial charge in [0.15, 0.2) is 5.69 Å². The molecule has 0 spiro atoms. The Hall–Kier alpha value is -1.66. The summed E-state index contributed by atoms with van der Waals surface area (Å²) in [6.07, 6.45) is 0.0864. The number of rotatable bonds is 2. The predicted molar refractivity (Wildman–Crippen MR) is 80.5 cm³/mol. The number of morpholine rings is 1. The quantitative estimate of drug-likeness (QED) is 0.856. The van der Waals surface area contributed by atoms with Crippen molar-refractivity contribution in [2.45, 2.75) is 33.0 Å². The first-order valence-electron chi connectivity index (χ1n) is 7.00. The van der Waals surface area contributed by atoms with Crippen LogP contribution in [0.4, 0.5) is 0 Å². The molecule has 1 aliphatic rings. The molecule has 0 unspecified atom stereocenters. The Morgan fingerprint density at radius 3 is 2.71 bits per heavy atom. The van der Waals surface area contributed by atoms with Crippen molar-refractivity contribution in [1.82, 2.24) is 9.88 Å². The number of nitrogens with zero attached hydrogens (tertiary/aromatic N) is 2.